The van der Waals surface area contributed by atoms with E-state index in [1.54, 1.807) is 0 Å². The highest BCUT2D eigenvalue weighted by atomic mass is 16.3. The van der Waals surface area contributed by atoms with Crippen molar-refractivity contribution in [3.05, 3.63) is 11.4 Å². The molecule has 0 fully saturated rings. The third kappa shape index (κ3) is 2.96. The van der Waals surface area contributed by atoms with Gasteiger partial charge >= 0.3 is 0 Å². The second-order valence-corrected chi connectivity index (χ2v) is 3.55. The van der Waals surface area contributed by atoms with Crippen molar-refractivity contribution in [2.75, 3.05) is 18.9 Å². The molecule has 0 saturated carbocycles. The lowest BCUT2D eigenvalue weighted by Crippen LogP contribution is -2.26. The molecule has 0 aliphatic heterocycles. The van der Waals surface area contributed by atoms with Crippen molar-refractivity contribution in [1.29, 1.82) is 0 Å². The van der Waals surface area contributed by atoms with Crippen molar-refractivity contribution < 1.29 is 9.90 Å². The van der Waals surface area contributed by atoms with Crippen LogP contribution in [0.15, 0.2) is 0 Å². The average Bonchev–Trinajstić information content (AvgIpc) is 2.62. The van der Waals surface area contributed by atoms with Crippen LogP contribution in [0.5, 0.6) is 0 Å². The summed E-state index contributed by atoms with van der Waals surface area (Å²) in [4.78, 5) is 11.6. The molecule has 0 spiro atoms. The fourth-order valence-corrected chi connectivity index (χ4v) is 1.37. The first-order valence-electron chi connectivity index (χ1n) is 5.42. The van der Waals surface area contributed by atoms with Gasteiger partial charge in [-0.15, -0.1) is 0 Å². The summed E-state index contributed by atoms with van der Waals surface area (Å²) in [5.41, 5.74) is 7.25. The number of carbonyl (C=O) groups is 1. The van der Waals surface area contributed by atoms with E-state index in [1.165, 1.54) is 0 Å². The van der Waals surface area contributed by atoms with Crippen molar-refractivity contribution >= 4 is 11.6 Å². The van der Waals surface area contributed by atoms with Crippen LogP contribution in [-0.4, -0.2) is 34.4 Å². The van der Waals surface area contributed by atoms with Crippen LogP contribution in [0.4, 0.5) is 5.69 Å². The third-order valence-corrected chi connectivity index (χ3v) is 2.22. The summed E-state index contributed by atoms with van der Waals surface area (Å²) < 4.78 is 0. The Morgan fingerprint density at radius 3 is 3.00 bits per heavy atom. The highest BCUT2D eigenvalue weighted by molar-refractivity contribution is 5.97. The number of rotatable bonds is 6. The fourth-order valence-electron chi connectivity index (χ4n) is 1.37. The summed E-state index contributed by atoms with van der Waals surface area (Å²) in [6.07, 6.45) is 2.25. The van der Waals surface area contributed by atoms with Gasteiger partial charge in [-0.3, -0.25) is 9.89 Å². The van der Waals surface area contributed by atoms with Gasteiger partial charge in [-0.05, 0) is 12.8 Å². The van der Waals surface area contributed by atoms with Gasteiger partial charge in [0.2, 0.25) is 0 Å². The van der Waals surface area contributed by atoms with E-state index in [0.29, 0.717) is 18.7 Å². The molecule has 1 amide bonds. The average molecular weight is 226 g/mol. The number of carbonyl (C=O) groups excluding carboxylic acids is 1. The van der Waals surface area contributed by atoms with Crippen molar-refractivity contribution in [2.45, 2.75) is 26.2 Å². The first-order valence-corrected chi connectivity index (χ1v) is 5.42. The normalized spacial score (nSPS) is 10.4. The van der Waals surface area contributed by atoms with E-state index >= 15 is 0 Å². The minimum absolute atomic E-state index is 0.0530. The maximum Gasteiger partial charge on any atom is 0.273 e. The Morgan fingerprint density at radius 2 is 2.38 bits per heavy atom. The molecule has 0 aliphatic carbocycles. The Kier molecular flexibility index (Phi) is 4.78. The Labute approximate surface area is 94.2 Å². The van der Waals surface area contributed by atoms with Crippen LogP contribution in [-0.2, 0) is 6.42 Å². The summed E-state index contributed by atoms with van der Waals surface area (Å²) >= 11 is 0. The van der Waals surface area contributed by atoms with Gasteiger partial charge in [-0.2, -0.15) is 5.10 Å². The SMILES string of the molecule is CCCc1[nH]nc(C(=O)NCCCO)c1N. The number of aliphatic hydroxyl groups is 1. The summed E-state index contributed by atoms with van der Waals surface area (Å²) in [6.45, 7) is 2.50. The number of nitrogens with two attached hydrogens (primary N) is 1. The van der Waals surface area contributed by atoms with Gasteiger partial charge in [0, 0.05) is 13.2 Å². The van der Waals surface area contributed by atoms with Crippen LogP contribution in [0.2, 0.25) is 0 Å². The molecular formula is C10H18N4O2. The van der Waals surface area contributed by atoms with Crippen LogP contribution in [0.3, 0.4) is 0 Å². The number of anilines is 1. The second kappa shape index (κ2) is 6.12. The first-order chi connectivity index (χ1) is 7.70. The van der Waals surface area contributed by atoms with E-state index in [-0.39, 0.29) is 18.2 Å². The van der Waals surface area contributed by atoms with E-state index < -0.39 is 0 Å². The number of nitrogens with one attached hydrogen (secondary N) is 2. The number of amides is 1. The van der Waals surface area contributed by atoms with E-state index in [1.807, 2.05) is 6.92 Å². The molecule has 0 aliphatic rings. The molecule has 1 heterocycles. The lowest BCUT2D eigenvalue weighted by molar-refractivity contribution is 0.0947. The van der Waals surface area contributed by atoms with Crippen molar-refractivity contribution in [2.24, 2.45) is 0 Å². The van der Waals surface area contributed by atoms with Gasteiger partial charge in [0.15, 0.2) is 5.69 Å². The maximum atomic E-state index is 11.6. The molecule has 0 unspecified atom stereocenters. The topological polar surface area (TPSA) is 104 Å². The molecule has 16 heavy (non-hydrogen) atoms. The number of hydrogen-bond acceptors (Lipinski definition) is 4. The molecule has 1 aromatic rings. The Bertz CT molecular complexity index is 349. The molecule has 6 heteroatoms. The molecule has 0 atom stereocenters. The van der Waals surface area contributed by atoms with Gasteiger partial charge in [-0.1, -0.05) is 13.3 Å². The minimum Gasteiger partial charge on any atom is -0.396 e. The van der Waals surface area contributed by atoms with Crippen LogP contribution < -0.4 is 11.1 Å². The van der Waals surface area contributed by atoms with Gasteiger partial charge in [0.05, 0.1) is 11.4 Å². The fraction of sp³-hybridized carbons (Fsp3) is 0.600. The van der Waals surface area contributed by atoms with E-state index in [4.69, 9.17) is 10.8 Å². The van der Waals surface area contributed by atoms with Gasteiger partial charge in [-0.25, -0.2) is 0 Å². The predicted octanol–water partition coefficient (Wildman–Crippen LogP) is 0.0566. The standard InChI is InChI=1S/C10H18N4O2/c1-2-4-7-8(11)9(14-13-7)10(16)12-5-3-6-15/h15H,2-6,11H2,1H3,(H,12,16)(H,13,14). The highest BCUT2D eigenvalue weighted by Gasteiger charge is 2.15. The monoisotopic (exact) mass is 226 g/mol. The number of aryl methyl sites for hydroxylation is 1. The smallest absolute Gasteiger partial charge is 0.273 e. The largest absolute Gasteiger partial charge is 0.396 e. The van der Waals surface area contributed by atoms with Crippen LogP contribution in [0.25, 0.3) is 0 Å². The van der Waals surface area contributed by atoms with Crippen LogP contribution >= 0.6 is 0 Å². The lowest BCUT2D eigenvalue weighted by atomic mass is 10.2. The van der Waals surface area contributed by atoms with Crippen molar-refractivity contribution in [3.63, 3.8) is 0 Å². The van der Waals surface area contributed by atoms with Crippen molar-refractivity contribution in [3.8, 4) is 0 Å². The predicted molar refractivity (Wildman–Crippen MR) is 61.0 cm³/mol. The summed E-state index contributed by atoms with van der Waals surface area (Å²) in [5, 5.41) is 17.9. The zero-order valence-corrected chi connectivity index (χ0v) is 9.42. The van der Waals surface area contributed by atoms with E-state index in [2.05, 4.69) is 15.5 Å². The van der Waals surface area contributed by atoms with Gasteiger partial charge in [0.25, 0.3) is 5.91 Å². The molecule has 1 rings (SSSR count). The van der Waals surface area contributed by atoms with Crippen LogP contribution in [0, 0.1) is 0 Å². The molecule has 6 nitrogen and oxygen atoms in total. The molecule has 0 aromatic carbocycles. The van der Waals surface area contributed by atoms with Crippen LogP contribution in [0.1, 0.15) is 35.9 Å². The lowest BCUT2D eigenvalue weighted by Gasteiger charge is -2.02. The van der Waals surface area contributed by atoms with Gasteiger partial charge in [0.1, 0.15) is 0 Å². The molecule has 5 N–H and O–H groups in total. The Hall–Kier alpha value is -1.56. The minimum atomic E-state index is -0.301. The summed E-state index contributed by atoms with van der Waals surface area (Å²) in [5.74, 6) is -0.301. The number of hydrogen-bond donors (Lipinski definition) is 4. The third-order valence-electron chi connectivity index (χ3n) is 2.22. The zero-order chi connectivity index (χ0) is 12.0. The van der Waals surface area contributed by atoms with E-state index in [0.717, 1.165) is 18.5 Å². The number of aromatic amines is 1. The number of H-pyrrole nitrogens is 1. The number of aliphatic hydroxyl groups excluding tert-OH is 1. The molecular weight excluding hydrogens is 208 g/mol. The van der Waals surface area contributed by atoms with Gasteiger partial charge < -0.3 is 16.2 Å². The molecule has 90 valence electrons. The summed E-state index contributed by atoms with van der Waals surface area (Å²) in [6, 6.07) is 0. The maximum absolute atomic E-state index is 11.6. The first kappa shape index (κ1) is 12.5. The molecule has 0 radical (unpaired) electrons. The number of nitrogen functional groups attached to an aromatic ring is 1. The quantitative estimate of drug-likeness (QED) is 0.515. The molecule has 0 saturated heterocycles. The van der Waals surface area contributed by atoms with E-state index in [9.17, 15) is 4.79 Å². The number of nitrogens with zero attached hydrogens (tertiary/aromatic N) is 1. The highest BCUT2D eigenvalue weighted by Crippen LogP contribution is 2.15. The zero-order valence-electron chi connectivity index (χ0n) is 9.42. The second-order valence-electron chi connectivity index (χ2n) is 3.55. The van der Waals surface area contributed by atoms with Crippen molar-refractivity contribution in [1.82, 2.24) is 15.5 Å². The Morgan fingerprint density at radius 1 is 1.62 bits per heavy atom. The summed E-state index contributed by atoms with van der Waals surface area (Å²) in [7, 11) is 0. The molecule has 0 bridgehead atoms. The Balaban J connectivity index is 2.61. The molecule has 1 aromatic heterocycles. The number of aromatic nitrogens is 2.